The summed E-state index contributed by atoms with van der Waals surface area (Å²) in [5.74, 6) is -4.52. The van der Waals surface area contributed by atoms with Gasteiger partial charge in [-0.25, -0.2) is 17.6 Å². The van der Waals surface area contributed by atoms with Crippen LogP contribution in [0.3, 0.4) is 0 Å². The summed E-state index contributed by atoms with van der Waals surface area (Å²) in [4.78, 5) is 1.62. The summed E-state index contributed by atoms with van der Waals surface area (Å²) >= 11 is 0. The average Bonchev–Trinajstić information content (AvgIpc) is 2.78. The highest BCUT2D eigenvalue weighted by Crippen LogP contribution is 2.32. The van der Waals surface area contributed by atoms with Crippen LogP contribution in [0.4, 0.5) is 23.2 Å². The molecule has 5 heteroatoms. The lowest BCUT2D eigenvalue weighted by atomic mass is 9.91. The lowest BCUT2D eigenvalue weighted by Crippen LogP contribution is -2.32. The molecule has 0 saturated heterocycles. The van der Waals surface area contributed by atoms with Crippen LogP contribution in [0.25, 0.3) is 0 Å². The van der Waals surface area contributed by atoms with Gasteiger partial charge in [-0.1, -0.05) is 91.9 Å². The maximum atomic E-state index is 14.9. The first-order valence-corrected chi connectivity index (χ1v) is 12.9. The lowest BCUT2D eigenvalue weighted by molar-refractivity contribution is 0.373. The molecule has 0 aliphatic carbocycles. The van der Waals surface area contributed by atoms with E-state index in [-0.39, 0.29) is 5.92 Å². The Balaban J connectivity index is 2.90. The summed E-state index contributed by atoms with van der Waals surface area (Å²) in [5, 5.41) is 0. The summed E-state index contributed by atoms with van der Waals surface area (Å²) in [5.41, 5.74) is -0.857. The van der Waals surface area contributed by atoms with Crippen LogP contribution in [0, 0.1) is 42.0 Å². The van der Waals surface area contributed by atoms with Gasteiger partial charge in [0, 0.05) is 18.7 Å². The molecule has 0 spiro atoms. The van der Waals surface area contributed by atoms with Crippen LogP contribution >= 0.6 is 0 Å². The van der Waals surface area contributed by atoms with Crippen LogP contribution in [0.1, 0.15) is 110 Å². The van der Waals surface area contributed by atoms with E-state index in [2.05, 4.69) is 27.7 Å². The van der Waals surface area contributed by atoms with Crippen molar-refractivity contribution in [2.45, 2.75) is 112 Å². The first-order chi connectivity index (χ1) is 15.3. The van der Waals surface area contributed by atoms with Gasteiger partial charge in [0.05, 0.1) is 0 Å². The Morgan fingerprint density at radius 1 is 0.688 bits per heavy atom. The minimum atomic E-state index is -1.58. The van der Waals surface area contributed by atoms with Crippen molar-refractivity contribution in [3.8, 4) is 0 Å². The van der Waals surface area contributed by atoms with E-state index in [4.69, 9.17) is 0 Å². The van der Waals surface area contributed by atoms with Gasteiger partial charge in [-0.15, -0.1) is 0 Å². The minimum absolute atomic E-state index is 0.206. The Labute approximate surface area is 194 Å². The van der Waals surface area contributed by atoms with Crippen molar-refractivity contribution < 1.29 is 17.6 Å². The number of hydrogen-bond donors (Lipinski definition) is 0. The van der Waals surface area contributed by atoms with Crippen LogP contribution in [-0.2, 0) is 0 Å². The van der Waals surface area contributed by atoms with Crippen LogP contribution in [0.2, 0.25) is 0 Å². The summed E-state index contributed by atoms with van der Waals surface area (Å²) < 4.78 is 57.6. The van der Waals surface area contributed by atoms with Crippen LogP contribution in [0.15, 0.2) is 0 Å². The minimum Gasteiger partial charge on any atom is -0.366 e. The Kier molecular flexibility index (Phi) is 14.0. The number of unbranched alkanes of at least 4 members (excludes halogenated alkanes) is 6. The van der Waals surface area contributed by atoms with Crippen molar-refractivity contribution in [2.75, 3.05) is 18.0 Å². The maximum absolute atomic E-state index is 14.9. The van der Waals surface area contributed by atoms with E-state index in [1.807, 2.05) is 0 Å². The number of anilines is 1. The van der Waals surface area contributed by atoms with E-state index in [9.17, 15) is 17.6 Å². The number of benzene rings is 1. The van der Waals surface area contributed by atoms with E-state index in [0.29, 0.717) is 19.0 Å². The van der Waals surface area contributed by atoms with Crippen LogP contribution in [-0.4, -0.2) is 13.1 Å². The summed E-state index contributed by atoms with van der Waals surface area (Å²) in [6.45, 7) is 10.7. The second kappa shape index (κ2) is 15.6. The molecule has 0 radical (unpaired) electrons. The zero-order chi connectivity index (χ0) is 24.1. The van der Waals surface area contributed by atoms with E-state index in [0.717, 1.165) is 51.4 Å². The molecule has 0 N–H and O–H groups in total. The van der Waals surface area contributed by atoms with Crippen molar-refractivity contribution in [1.29, 1.82) is 0 Å². The van der Waals surface area contributed by atoms with Gasteiger partial charge in [-0.05, 0) is 31.6 Å². The normalized spacial score (nSPS) is 13.4. The molecule has 2 atom stereocenters. The summed E-state index contributed by atoms with van der Waals surface area (Å²) in [7, 11) is 0. The summed E-state index contributed by atoms with van der Waals surface area (Å²) in [6.07, 6.45) is 13.1. The Bertz CT molecular complexity index is 633. The molecular formula is C27H45F4N. The molecule has 0 aromatic heterocycles. The van der Waals surface area contributed by atoms with Crippen molar-refractivity contribution >= 4 is 5.69 Å². The molecule has 0 fully saturated rings. The largest absolute Gasteiger partial charge is 0.366 e. The third kappa shape index (κ3) is 8.94. The van der Waals surface area contributed by atoms with Gasteiger partial charge in [-0.3, -0.25) is 0 Å². The zero-order valence-electron chi connectivity index (χ0n) is 21.0. The molecule has 1 aromatic carbocycles. The van der Waals surface area contributed by atoms with E-state index < -0.39 is 34.5 Å². The molecule has 0 heterocycles. The fraction of sp³-hybridized carbons (Fsp3) is 0.778. The Morgan fingerprint density at radius 3 is 1.91 bits per heavy atom. The predicted octanol–water partition coefficient (Wildman–Crippen LogP) is 9.35. The lowest BCUT2D eigenvalue weighted by Gasteiger charge is -2.30. The third-order valence-electron chi connectivity index (χ3n) is 6.68. The van der Waals surface area contributed by atoms with Gasteiger partial charge in [0.2, 0.25) is 0 Å². The van der Waals surface area contributed by atoms with Gasteiger partial charge < -0.3 is 4.90 Å². The molecule has 0 bridgehead atoms. The van der Waals surface area contributed by atoms with Crippen molar-refractivity contribution in [3.05, 3.63) is 28.8 Å². The monoisotopic (exact) mass is 459 g/mol. The molecule has 2 unspecified atom stereocenters. The average molecular weight is 460 g/mol. The Morgan fingerprint density at radius 2 is 1.31 bits per heavy atom. The molecule has 0 aliphatic rings. The molecule has 1 aromatic rings. The van der Waals surface area contributed by atoms with E-state index in [1.54, 1.807) is 4.90 Å². The van der Waals surface area contributed by atoms with Gasteiger partial charge in [0.15, 0.2) is 23.3 Å². The molecule has 0 saturated carbocycles. The topological polar surface area (TPSA) is 3.24 Å². The number of hydrogen-bond acceptors (Lipinski definition) is 1. The smallest absolute Gasteiger partial charge is 0.197 e. The van der Waals surface area contributed by atoms with Crippen LogP contribution in [0.5, 0.6) is 0 Å². The molecule has 0 amide bonds. The van der Waals surface area contributed by atoms with E-state index >= 15 is 0 Å². The molecule has 186 valence electrons. The van der Waals surface area contributed by atoms with Gasteiger partial charge in [0.1, 0.15) is 5.69 Å². The number of rotatable bonds is 17. The predicted molar refractivity (Wildman–Crippen MR) is 128 cm³/mol. The standard InChI is InChI=1S/C27H45F4N/c1-6-9-10-11-12-13-14-18-32(19-20(4)16-17-22(8-3)15-7-2)27-24(29)21(5)23(28)25(30)26(27)31/h20,22H,6-19H2,1-5H3. The van der Waals surface area contributed by atoms with E-state index in [1.165, 1.54) is 32.6 Å². The quantitative estimate of drug-likeness (QED) is 0.0970. The Hall–Kier alpha value is -1.26. The van der Waals surface area contributed by atoms with Crippen molar-refractivity contribution in [2.24, 2.45) is 11.8 Å². The zero-order valence-corrected chi connectivity index (χ0v) is 21.0. The highest BCUT2D eigenvalue weighted by molar-refractivity contribution is 5.52. The van der Waals surface area contributed by atoms with Gasteiger partial charge in [0.25, 0.3) is 0 Å². The molecule has 32 heavy (non-hydrogen) atoms. The fourth-order valence-electron chi connectivity index (χ4n) is 4.52. The second-order valence-electron chi connectivity index (χ2n) is 9.54. The summed E-state index contributed by atoms with van der Waals surface area (Å²) in [6, 6.07) is 0. The van der Waals surface area contributed by atoms with Gasteiger partial charge in [-0.2, -0.15) is 0 Å². The fourth-order valence-corrected chi connectivity index (χ4v) is 4.52. The van der Waals surface area contributed by atoms with Crippen LogP contribution < -0.4 is 4.90 Å². The first kappa shape index (κ1) is 28.8. The maximum Gasteiger partial charge on any atom is 0.197 e. The number of nitrogens with zero attached hydrogens (tertiary/aromatic N) is 1. The van der Waals surface area contributed by atoms with Gasteiger partial charge >= 0.3 is 0 Å². The number of halogens is 4. The first-order valence-electron chi connectivity index (χ1n) is 12.9. The molecule has 1 nitrogen and oxygen atoms in total. The third-order valence-corrected chi connectivity index (χ3v) is 6.68. The highest BCUT2D eigenvalue weighted by Gasteiger charge is 2.27. The van der Waals surface area contributed by atoms with Crippen molar-refractivity contribution in [1.82, 2.24) is 0 Å². The molecular weight excluding hydrogens is 414 g/mol. The second-order valence-corrected chi connectivity index (χ2v) is 9.54. The highest BCUT2D eigenvalue weighted by atomic mass is 19.2. The molecule has 1 rings (SSSR count). The SMILES string of the molecule is CCCCCCCCCN(CC(C)CCC(CC)CCC)c1c(F)c(C)c(F)c(F)c1F. The molecule has 0 aliphatic heterocycles. The van der Waals surface area contributed by atoms with Crippen molar-refractivity contribution in [3.63, 3.8) is 0 Å².